The summed E-state index contributed by atoms with van der Waals surface area (Å²) in [5.74, 6) is 1.33. The highest BCUT2D eigenvalue weighted by Gasteiger charge is 2.43. The molecule has 8 aromatic rings. The fraction of sp³-hybridized carbons (Fsp3) is 0.111. The maximum absolute atomic E-state index is 14.4. The highest BCUT2D eigenvalue weighted by atomic mass is 19.1. The second-order valence-electron chi connectivity index (χ2n) is 16.5. The lowest BCUT2D eigenvalue weighted by atomic mass is 9.33. The van der Waals surface area contributed by atoms with Gasteiger partial charge in [0.1, 0.15) is 29.5 Å². The van der Waals surface area contributed by atoms with Crippen LogP contribution in [0.1, 0.15) is 13.8 Å². The molecule has 2 saturated heterocycles. The van der Waals surface area contributed by atoms with Crippen molar-refractivity contribution in [3.8, 4) is 44.9 Å². The highest BCUT2D eigenvalue weighted by Crippen LogP contribution is 2.46. The number of epoxide rings is 2. The van der Waals surface area contributed by atoms with Gasteiger partial charge in [0.2, 0.25) is 12.6 Å². The number of para-hydroxylation sites is 2. The summed E-state index contributed by atoms with van der Waals surface area (Å²) in [6, 6.07) is 62.9. The molecule has 0 aromatic heterocycles. The fourth-order valence-electron chi connectivity index (χ4n) is 9.17. The molecule has 4 unspecified atom stereocenters. The van der Waals surface area contributed by atoms with Gasteiger partial charge in [-0.2, -0.15) is 0 Å². The molecular weight excluding hydrogens is 770 g/mol. The smallest absolute Gasteiger partial charge is 0.252 e. The lowest BCUT2D eigenvalue weighted by Crippen LogP contribution is -2.61. The van der Waals surface area contributed by atoms with Gasteiger partial charge in [-0.25, -0.2) is 4.39 Å². The van der Waals surface area contributed by atoms with E-state index in [0.29, 0.717) is 0 Å². The molecule has 0 aliphatic carbocycles. The number of halogens is 1. The summed E-state index contributed by atoms with van der Waals surface area (Å²) in [4.78, 5) is 4.79. The number of rotatable bonds is 9. The van der Waals surface area contributed by atoms with Crippen molar-refractivity contribution in [2.75, 3.05) is 9.80 Å². The van der Waals surface area contributed by atoms with Gasteiger partial charge in [0.15, 0.2) is 0 Å². The number of anilines is 6. The molecule has 4 aliphatic rings. The molecule has 2 fully saturated rings. The second-order valence-corrected chi connectivity index (χ2v) is 16.5. The van der Waals surface area contributed by atoms with E-state index in [0.717, 1.165) is 79.0 Å². The summed E-state index contributed by atoms with van der Waals surface area (Å²) in [5.41, 5.74) is 16.6. The number of ether oxygens (including phenoxy) is 4. The topological polar surface area (TPSA) is 50.0 Å². The highest BCUT2D eigenvalue weighted by molar-refractivity contribution is 7.00. The van der Waals surface area contributed by atoms with Gasteiger partial charge in [-0.05, 0) is 149 Å². The Morgan fingerprint density at radius 3 is 1.19 bits per heavy atom. The molecule has 4 heterocycles. The third-order valence-electron chi connectivity index (χ3n) is 12.5. The lowest BCUT2D eigenvalue weighted by Gasteiger charge is -2.44. The first-order valence-corrected chi connectivity index (χ1v) is 21.2. The van der Waals surface area contributed by atoms with Crippen molar-refractivity contribution >= 4 is 57.2 Å². The van der Waals surface area contributed by atoms with Gasteiger partial charge in [-0.1, -0.05) is 97.1 Å². The summed E-state index contributed by atoms with van der Waals surface area (Å²) in [7, 11) is 0. The third-order valence-corrected chi connectivity index (χ3v) is 12.5. The van der Waals surface area contributed by atoms with Gasteiger partial charge in [0, 0.05) is 34.1 Å². The van der Waals surface area contributed by atoms with Gasteiger partial charge in [-0.15, -0.1) is 0 Å². The first-order valence-electron chi connectivity index (χ1n) is 21.2. The molecule has 0 N–H and O–H groups in total. The van der Waals surface area contributed by atoms with Gasteiger partial charge < -0.3 is 28.7 Å². The summed E-state index contributed by atoms with van der Waals surface area (Å²) < 4.78 is 37.1. The Morgan fingerprint density at radius 1 is 0.435 bits per heavy atom. The van der Waals surface area contributed by atoms with Gasteiger partial charge in [0.05, 0.1) is 0 Å². The number of fused-ring (bicyclic) bond motifs is 4. The van der Waals surface area contributed by atoms with E-state index in [9.17, 15) is 4.39 Å². The molecule has 4 atom stereocenters. The molecule has 6 nitrogen and oxygen atoms in total. The van der Waals surface area contributed by atoms with Crippen LogP contribution < -0.4 is 35.7 Å². The van der Waals surface area contributed by atoms with E-state index < -0.39 is 0 Å². The van der Waals surface area contributed by atoms with Gasteiger partial charge >= 0.3 is 0 Å². The zero-order valence-electron chi connectivity index (χ0n) is 34.1. The van der Waals surface area contributed by atoms with Crippen LogP contribution in [-0.4, -0.2) is 31.5 Å². The Morgan fingerprint density at radius 2 is 0.790 bits per heavy atom. The minimum absolute atomic E-state index is 0.0183. The molecule has 300 valence electrons. The first kappa shape index (κ1) is 36.7. The molecule has 0 bridgehead atoms. The third kappa shape index (κ3) is 6.42. The number of hydrogen-bond acceptors (Lipinski definition) is 6. The van der Waals surface area contributed by atoms with Crippen molar-refractivity contribution in [2.45, 2.75) is 38.6 Å². The summed E-state index contributed by atoms with van der Waals surface area (Å²) in [6.07, 6.45) is -0.0670. The van der Waals surface area contributed by atoms with Crippen LogP contribution in [0.2, 0.25) is 0 Å². The molecule has 12 rings (SSSR count). The Balaban J connectivity index is 0.980. The minimum Gasteiger partial charge on any atom is -0.462 e. The zero-order chi connectivity index (χ0) is 41.5. The van der Waals surface area contributed by atoms with Crippen LogP contribution in [0.4, 0.5) is 38.5 Å². The number of nitrogens with zero attached hydrogens (tertiary/aromatic N) is 2. The predicted molar refractivity (Wildman–Crippen MR) is 247 cm³/mol. The summed E-state index contributed by atoms with van der Waals surface area (Å²) in [5, 5.41) is 0. The molecule has 0 saturated carbocycles. The number of hydrogen-bond donors (Lipinski definition) is 0. The standard InChI is InChI=1S/C54H40BFN2O4/c1-33-53(59-33)61-44-27-17-37(18-28-44)35-13-23-42(24-14-35)57-48-9-5-3-7-46(48)55-47-8-4-6-10-49(47)58(51-32-40(31-50(57)52(51)55)39-11-21-41(56)22-12-39)43-25-15-36(16-26-43)38-19-29-45(30-20-38)62-54-34(2)60-54/h3-34,53-54H,1-2H3. The molecule has 62 heavy (non-hydrogen) atoms. The fourth-order valence-corrected chi connectivity index (χ4v) is 9.17. The molecule has 4 aliphatic heterocycles. The summed E-state index contributed by atoms with van der Waals surface area (Å²) in [6.45, 7) is 4.00. The Hall–Kier alpha value is -7.13. The zero-order valence-corrected chi connectivity index (χ0v) is 34.1. The van der Waals surface area contributed by atoms with Crippen molar-refractivity contribution in [1.82, 2.24) is 0 Å². The van der Waals surface area contributed by atoms with E-state index in [1.54, 1.807) is 12.1 Å². The van der Waals surface area contributed by atoms with Crippen LogP contribution in [0, 0.1) is 5.82 Å². The molecule has 0 radical (unpaired) electrons. The van der Waals surface area contributed by atoms with Crippen LogP contribution in [0.3, 0.4) is 0 Å². The van der Waals surface area contributed by atoms with Crippen LogP contribution >= 0.6 is 0 Å². The largest absolute Gasteiger partial charge is 0.462 e. The summed E-state index contributed by atoms with van der Waals surface area (Å²) >= 11 is 0. The molecule has 8 heteroatoms. The van der Waals surface area contributed by atoms with Crippen LogP contribution in [0.15, 0.2) is 182 Å². The van der Waals surface area contributed by atoms with Crippen LogP contribution in [0.25, 0.3) is 33.4 Å². The van der Waals surface area contributed by atoms with Gasteiger partial charge in [-0.3, -0.25) is 0 Å². The lowest BCUT2D eigenvalue weighted by molar-refractivity contribution is 0.178. The average molecular weight is 811 g/mol. The van der Waals surface area contributed by atoms with Gasteiger partial charge in [0.25, 0.3) is 6.71 Å². The Bertz CT molecular complexity index is 2800. The van der Waals surface area contributed by atoms with E-state index in [1.165, 1.54) is 16.4 Å². The minimum atomic E-state index is -0.262. The van der Waals surface area contributed by atoms with E-state index in [2.05, 4.69) is 143 Å². The van der Waals surface area contributed by atoms with E-state index in [1.807, 2.05) is 50.2 Å². The predicted octanol–water partition coefficient (Wildman–Crippen LogP) is 11.2. The van der Waals surface area contributed by atoms with Crippen molar-refractivity contribution in [1.29, 1.82) is 0 Å². The van der Waals surface area contributed by atoms with E-state index >= 15 is 0 Å². The Labute approximate surface area is 360 Å². The van der Waals surface area contributed by atoms with E-state index in [4.69, 9.17) is 18.9 Å². The molecule has 0 spiro atoms. The molecular formula is C54H40BFN2O4. The monoisotopic (exact) mass is 810 g/mol. The Kier molecular flexibility index (Phi) is 8.59. The van der Waals surface area contributed by atoms with Crippen molar-refractivity contribution in [3.63, 3.8) is 0 Å². The van der Waals surface area contributed by atoms with E-state index in [-0.39, 0.29) is 37.3 Å². The number of benzene rings is 8. The van der Waals surface area contributed by atoms with Crippen molar-refractivity contribution in [2.24, 2.45) is 0 Å². The second kappa shape index (κ2) is 14.5. The SMILES string of the molecule is CC1OC1Oc1ccc(-c2ccc(N3c4ccccc4B4c5ccccc5N(c5ccc(-c6ccc(OC7OC7C)cc6)cc5)c5cc(-c6ccc(F)cc6)cc3c54)cc2)cc1. The maximum Gasteiger partial charge on any atom is 0.252 e. The first-order chi connectivity index (χ1) is 30.4. The van der Waals surface area contributed by atoms with Crippen LogP contribution in [-0.2, 0) is 9.47 Å². The maximum atomic E-state index is 14.4. The molecule has 0 amide bonds. The quantitative estimate of drug-likeness (QED) is 0.107. The molecule has 8 aromatic carbocycles. The van der Waals surface area contributed by atoms with Crippen molar-refractivity contribution in [3.05, 3.63) is 188 Å². The van der Waals surface area contributed by atoms with Crippen LogP contribution in [0.5, 0.6) is 11.5 Å². The normalized spacial score (nSPS) is 19.0. The average Bonchev–Trinajstić information content (AvgIpc) is 4.22. The van der Waals surface area contributed by atoms with Crippen molar-refractivity contribution < 1.29 is 23.3 Å².